The normalized spacial score (nSPS) is 16.0. The van der Waals surface area contributed by atoms with Gasteiger partial charge in [-0.25, -0.2) is 4.79 Å². The number of anilines is 1. The second-order valence-electron chi connectivity index (χ2n) is 5.61. The van der Waals surface area contributed by atoms with Gasteiger partial charge in [-0.05, 0) is 43.0 Å². The van der Waals surface area contributed by atoms with Crippen LogP contribution in [0, 0.1) is 11.3 Å². The van der Waals surface area contributed by atoms with E-state index in [1.54, 1.807) is 6.20 Å². The van der Waals surface area contributed by atoms with Gasteiger partial charge in [0, 0.05) is 11.7 Å². The molecule has 25 heavy (non-hydrogen) atoms. The lowest BCUT2D eigenvalue weighted by atomic mass is 9.94. The van der Waals surface area contributed by atoms with Gasteiger partial charge in [-0.2, -0.15) is 19.1 Å². The number of hydrogen-bond acceptors (Lipinski definition) is 4. The molecule has 0 saturated heterocycles. The Hall–Kier alpha value is -3.15. The number of H-pyrrole nitrogens is 1. The van der Waals surface area contributed by atoms with Gasteiger partial charge < -0.3 is 15.4 Å². The minimum absolute atomic E-state index is 0.0108. The molecular weight excluding hydrogens is 332 g/mol. The lowest BCUT2D eigenvalue weighted by molar-refractivity contribution is -0.0493. The molecule has 1 aliphatic rings. The maximum absolute atomic E-state index is 12.5. The first kappa shape index (κ1) is 16.7. The van der Waals surface area contributed by atoms with Crippen molar-refractivity contribution in [2.75, 3.05) is 5.32 Å². The summed E-state index contributed by atoms with van der Waals surface area (Å²) in [6.07, 6.45) is 3.87. The average molecular weight is 347 g/mol. The summed E-state index contributed by atoms with van der Waals surface area (Å²) in [5.41, 5.74) is 2.34. The quantitative estimate of drug-likeness (QED) is 0.791. The Morgan fingerprint density at radius 2 is 2.32 bits per heavy atom. The number of urea groups is 1. The smallest absolute Gasteiger partial charge is 0.387 e. The lowest BCUT2D eigenvalue weighted by Gasteiger charge is -2.23. The Morgan fingerprint density at radius 1 is 1.48 bits per heavy atom. The highest BCUT2D eigenvalue weighted by atomic mass is 19.3. The van der Waals surface area contributed by atoms with Crippen molar-refractivity contribution in [2.45, 2.75) is 31.9 Å². The van der Waals surface area contributed by atoms with Crippen molar-refractivity contribution in [1.82, 2.24) is 15.5 Å². The molecule has 7 nitrogen and oxygen atoms in total. The predicted molar refractivity (Wildman–Crippen MR) is 84.3 cm³/mol. The number of halogens is 2. The third-order valence-corrected chi connectivity index (χ3v) is 3.92. The number of nitrogens with one attached hydrogen (secondary N) is 3. The minimum Gasteiger partial charge on any atom is -0.433 e. The van der Waals surface area contributed by atoms with Gasteiger partial charge in [-0.3, -0.25) is 5.10 Å². The van der Waals surface area contributed by atoms with E-state index in [4.69, 9.17) is 5.26 Å². The lowest BCUT2D eigenvalue weighted by Crippen LogP contribution is -2.41. The summed E-state index contributed by atoms with van der Waals surface area (Å²) in [5, 5.41) is 21.1. The molecule has 0 radical (unpaired) electrons. The Kier molecular flexibility index (Phi) is 4.79. The fourth-order valence-electron chi connectivity index (χ4n) is 2.78. The van der Waals surface area contributed by atoms with Gasteiger partial charge in [0.1, 0.15) is 5.75 Å². The topological polar surface area (TPSA) is 103 Å². The van der Waals surface area contributed by atoms with Crippen LogP contribution in [0.25, 0.3) is 0 Å². The fraction of sp³-hybridized carbons (Fsp3) is 0.312. The summed E-state index contributed by atoms with van der Waals surface area (Å²) in [6, 6.07) is 5.08. The Morgan fingerprint density at radius 3 is 3.08 bits per heavy atom. The van der Waals surface area contributed by atoms with Crippen molar-refractivity contribution in [3.8, 4) is 11.8 Å². The van der Waals surface area contributed by atoms with Gasteiger partial charge in [0.15, 0.2) is 0 Å². The van der Waals surface area contributed by atoms with Crippen molar-refractivity contribution >= 4 is 11.7 Å². The second kappa shape index (κ2) is 7.17. The highest BCUT2D eigenvalue weighted by molar-refractivity contribution is 5.91. The number of aromatic amines is 1. The van der Waals surface area contributed by atoms with Crippen LogP contribution in [0.3, 0.4) is 0 Å². The molecule has 1 heterocycles. The maximum Gasteiger partial charge on any atom is 0.387 e. The van der Waals surface area contributed by atoms with Gasteiger partial charge >= 0.3 is 12.6 Å². The van der Waals surface area contributed by atoms with E-state index in [1.165, 1.54) is 18.2 Å². The molecule has 3 N–H and O–H groups in total. The van der Waals surface area contributed by atoms with Gasteiger partial charge in [-0.1, -0.05) is 0 Å². The molecule has 3 rings (SSSR count). The molecule has 0 fully saturated rings. The van der Waals surface area contributed by atoms with Crippen LogP contribution in [-0.4, -0.2) is 28.9 Å². The van der Waals surface area contributed by atoms with Crippen molar-refractivity contribution < 1.29 is 18.3 Å². The van der Waals surface area contributed by atoms with Crippen molar-refractivity contribution in [3.63, 3.8) is 0 Å². The van der Waals surface area contributed by atoms with E-state index in [0.29, 0.717) is 6.42 Å². The first-order valence-corrected chi connectivity index (χ1v) is 7.62. The van der Waals surface area contributed by atoms with E-state index in [2.05, 4.69) is 25.6 Å². The van der Waals surface area contributed by atoms with E-state index >= 15 is 0 Å². The number of ether oxygens (including phenoxy) is 1. The molecule has 2 aromatic rings. The Labute approximate surface area is 142 Å². The highest BCUT2D eigenvalue weighted by Crippen LogP contribution is 2.27. The van der Waals surface area contributed by atoms with Crippen LogP contribution >= 0.6 is 0 Å². The number of aromatic nitrogens is 2. The third-order valence-electron chi connectivity index (χ3n) is 3.92. The van der Waals surface area contributed by atoms with Crippen molar-refractivity contribution in [3.05, 3.63) is 41.2 Å². The maximum atomic E-state index is 12.5. The van der Waals surface area contributed by atoms with E-state index in [9.17, 15) is 13.6 Å². The number of carbonyl (C=O) groups is 1. The molecule has 9 heteroatoms. The molecule has 0 aliphatic heterocycles. The van der Waals surface area contributed by atoms with Crippen LogP contribution in [0.1, 0.15) is 23.2 Å². The zero-order valence-electron chi connectivity index (χ0n) is 13.1. The fourth-order valence-corrected chi connectivity index (χ4v) is 2.78. The molecule has 130 valence electrons. The van der Waals surface area contributed by atoms with E-state index in [-0.39, 0.29) is 23.0 Å². The van der Waals surface area contributed by atoms with E-state index in [1.807, 2.05) is 6.07 Å². The van der Waals surface area contributed by atoms with Gasteiger partial charge in [0.05, 0.1) is 23.5 Å². The van der Waals surface area contributed by atoms with Gasteiger partial charge in [-0.15, -0.1) is 0 Å². The summed E-state index contributed by atoms with van der Waals surface area (Å²) < 4.78 is 29.3. The number of aryl methyl sites for hydroxylation is 1. The predicted octanol–water partition coefficient (Wildman–Crippen LogP) is 2.56. The number of fused-ring (bicyclic) bond motifs is 1. The van der Waals surface area contributed by atoms with Gasteiger partial charge in [0.2, 0.25) is 0 Å². The molecule has 1 atom stereocenters. The van der Waals surface area contributed by atoms with Crippen molar-refractivity contribution in [2.24, 2.45) is 0 Å². The largest absolute Gasteiger partial charge is 0.433 e. The standard InChI is InChI=1S/C16H15F2N5O2/c17-15(18)25-14-4-1-9(7-19)5-13(14)22-16(24)21-11-2-3-12-10(6-11)8-20-23-12/h1,4-5,8,11,15H,2-3,6H2,(H,20,23)(H2,21,22,24)/t11-/m1/s1. The first-order valence-electron chi connectivity index (χ1n) is 7.62. The number of benzene rings is 1. The number of amides is 2. The molecule has 0 spiro atoms. The molecule has 1 aromatic carbocycles. The zero-order valence-corrected chi connectivity index (χ0v) is 13.1. The van der Waals surface area contributed by atoms with E-state index < -0.39 is 12.6 Å². The van der Waals surface area contributed by atoms with Crippen LogP contribution in [0.4, 0.5) is 19.3 Å². The molecule has 2 amide bonds. The summed E-state index contributed by atoms with van der Waals surface area (Å²) in [7, 11) is 0. The number of carbonyl (C=O) groups excluding carboxylic acids is 1. The number of hydrogen-bond donors (Lipinski definition) is 3. The summed E-state index contributed by atoms with van der Waals surface area (Å²) in [5.74, 6) is -0.204. The number of nitrogens with zero attached hydrogens (tertiary/aromatic N) is 2. The van der Waals surface area contributed by atoms with Crippen LogP contribution in [-0.2, 0) is 12.8 Å². The Balaban J connectivity index is 1.67. The molecule has 0 bridgehead atoms. The monoisotopic (exact) mass is 347 g/mol. The number of nitriles is 1. The third kappa shape index (κ3) is 4.03. The average Bonchev–Trinajstić information content (AvgIpc) is 3.03. The number of alkyl halides is 2. The second-order valence-corrected chi connectivity index (χ2v) is 5.61. The summed E-state index contributed by atoms with van der Waals surface area (Å²) in [4.78, 5) is 12.2. The zero-order chi connectivity index (χ0) is 17.8. The SMILES string of the molecule is N#Cc1ccc(OC(F)F)c(NC(=O)N[C@@H]2CCc3[nH]ncc3C2)c1. The van der Waals surface area contributed by atoms with Crippen LogP contribution in [0.5, 0.6) is 5.75 Å². The summed E-state index contributed by atoms with van der Waals surface area (Å²) >= 11 is 0. The molecule has 1 aromatic heterocycles. The summed E-state index contributed by atoms with van der Waals surface area (Å²) in [6.45, 7) is -3.03. The highest BCUT2D eigenvalue weighted by Gasteiger charge is 2.22. The van der Waals surface area contributed by atoms with Crippen LogP contribution in [0.2, 0.25) is 0 Å². The van der Waals surface area contributed by atoms with Crippen LogP contribution in [0.15, 0.2) is 24.4 Å². The molecular formula is C16H15F2N5O2. The minimum atomic E-state index is -3.03. The van der Waals surface area contributed by atoms with Crippen molar-refractivity contribution in [1.29, 1.82) is 5.26 Å². The van der Waals surface area contributed by atoms with E-state index in [0.717, 1.165) is 24.1 Å². The van der Waals surface area contributed by atoms with Crippen LogP contribution < -0.4 is 15.4 Å². The number of rotatable bonds is 4. The first-order chi connectivity index (χ1) is 12.0. The Bertz CT molecular complexity index is 815. The molecule has 1 aliphatic carbocycles. The molecule has 0 saturated carbocycles. The van der Waals surface area contributed by atoms with Gasteiger partial charge in [0.25, 0.3) is 0 Å². The molecule has 0 unspecified atom stereocenters.